The summed E-state index contributed by atoms with van der Waals surface area (Å²) in [6.45, 7) is 1.92. The minimum atomic E-state index is -0.0748. The highest BCUT2D eigenvalue weighted by atomic mass is 32.1. The lowest BCUT2D eigenvalue weighted by atomic mass is 9.92. The molecule has 0 aromatic carbocycles. The Balaban J connectivity index is 1.94. The fraction of sp³-hybridized carbons (Fsp3) is 0.913. The molecule has 0 atom stereocenters. The van der Waals surface area contributed by atoms with E-state index in [4.69, 9.17) is 49.7 Å². The monoisotopic (exact) mass is 538 g/mol. The van der Waals surface area contributed by atoms with E-state index in [1.807, 2.05) is 0 Å². The summed E-state index contributed by atoms with van der Waals surface area (Å²) in [4.78, 5) is 6.81. The van der Waals surface area contributed by atoms with Gasteiger partial charge in [0.25, 0.3) is 0 Å². The van der Waals surface area contributed by atoms with Crippen LogP contribution in [0.25, 0.3) is 0 Å². The van der Waals surface area contributed by atoms with Gasteiger partial charge in [-0.25, -0.2) is 0 Å². The van der Waals surface area contributed by atoms with Crippen LogP contribution in [0.3, 0.4) is 0 Å². The molecule has 0 saturated heterocycles. The number of rotatable bonds is 12. The van der Waals surface area contributed by atoms with Gasteiger partial charge in [-0.3, -0.25) is 0 Å². The molecule has 0 aromatic rings. The van der Waals surface area contributed by atoms with Crippen molar-refractivity contribution < 1.29 is 0 Å². The average Bonchev–Trinajstić information content (AvgIpc) is 2.75. The van der Waals surface area contributed by atoms with Crippen LogP contribution in [0.1, 0.15) is 96.3 Å². The van der Waals surface area contributed by atoms with Gasteiger partial charge in [-0.15, -0.1) is 0 Å². The van der Waals surface area contributed by atoms with Crippen LogP contribution in [0.5, 0.6) is 0 Å². The summed E-state index contributed by atoms with van der Waals surface area (Å²) < 4.78 is 0. The molecular weight excluding hydrogens is 497 g/mol. The molecule has 0 aromatic heterocycles. The van der Waals surface area contributed by atoms with Crippen molar-refractivity contribution in [2.24, 2.45) is 0 Å². The summed E-state index contributed by atoms with van der Waals surface area (Å²) in [7, 11) is 0. The van der Waals surface area contributed by atoms with Crippen molar-refractivity contribution in [3.05, 3.63) is 0 Å². The van der Waals surface area contributed by atoms with Crippen molar-refractivity contribution in [2.45, 2.75) is 106 Å². The van der Waals surface area contributed by atoms with Crippen molar-refractivity contribution in [2.75, 3.05) is 24.6 Å². The molecule has 0 spiro atoms. The van der Waals surface area contributed by atoms with Crippen molar-refractivity contribution in [3.63, 3.8) is 0 Å². The van der Waals surface area contributed by atoms with Gasteiger partial charge in [0.15, 0.2) is 0 Å². The zero-order valence-electron chi connectivity index (χ0n) is 18.9. The summed E-state index contributed by atoms with van der Waals surface area (Å²) in [5.74, 6) is 1.77. The Kier molecular flexibility index (Phi) is 13.3. The maximum atomic E-state index is 5.95. The molecule has 0 bridgehead atoms. The largest absolute Gasteiger partial charge is 0.352 e. The average molecular weight is 539 g/mol. The maximum absolute atomic E-state index is 5.95. The molecule has 180 valence electrons. The lowest BCUT2D eigenvalue weighted by Crippen LogP contribution is -2.50. The summed E-state index contributed by atoms with van der Waals surface area (Å²) >= 11 is 31.0. The van der Waals surface area contributed by atoms with Crippen molar-refractivity contribution >= 4 is 84.9 Å². The zero-order valence-corrected chi connectivity index (χ0v) is 24.1. The molecule has 2 aliphatic carbocycles. The topological polar surface area (TPSA) is 6.48 Å². The Morgan fingerprint density at radius 2 is 0.968 bits per heavy atom. The smallest absolute Gasteiger partial charge is 0.0836 e. The van der Waals surface area contributed by atoms with E-state index in [1.54, 1.807) is 0 Å². The van der Waals surface area contributed by atoms with E-state index in [1.165, 1.54) is 38.5 Å². The lowest BCUT2D eigenvalue weighted by Gasteiger charge is -2.45. The molecule has 0 radical (unpaired) electrons. The lowest BCUT2D eigenvalue weighted by molar-refractivity contribution is 0.210. The van der Waals surface area contributed by atoms with Gasteiger partial charge in [0, 0.05) is 13.1 Å². The normalized spacial score (nSPS) is 20.3. The summed E-state index contributed by atoms with van der Waals surface area (Å²) in [5.41, 5.74) is 0. The minimum Gasteiger partial charge on any atom is -0.352 e. The molecule has 0 aliphatic heterocycles. The minimum absolute atomic E-state index is 0.0748. The third kappa shape index (κ3) is 8.72. The predicted molar refractivity (Wildman–Crippen MR) is 159 cm³/mol. The first-order chi connectivity index (χ1) is 14.9. The molecule has 2 fully saturated rings. The molecule has 2 nitrogen and oxygen atoms in total. The van der Waals surface area contributed by atoms with Gasteiger partial charge < -0.3 is 9.80 Å². The van der Waals surface area contributed by atoms with Crippen molar-refractivity contribution in [1.82, 2.24) is 9.80 Å². The highest BCUT2D eigenvalue weighted by Gasteiger charge is 2.37. The van der Waals surface area contributed by atoms with E-state index < -0.39 is 0 Å². The quantitative estimate of drug-likeness (QED) is 0.118. The van der Waals surface area contributed by atoms with Crippen LogP contribution in [0.15, 0.2) is 0 Å². The molecule has 0 amide bonds. The Morgan fingerprint density at radius 3 is 1.29 bits per heavy atom. The first-order valence-electron chi connectivity index (χ1n) is 12.1. The summed E-state index contributed by atoms with van der Waals surface area (Å²) in [6.07, 6.45) is 17.0. The van der Waals surface area contributed by atoms with Crippen molar-refractivity contribution in [1.29, 1.82) is 0 Å². The number of thiol groups is 4. The van der Waals surface area contributed by atoms with Crippen LogP contribution >= 0.6 is 75.0 Å². The van der Waals surface area contributed by atoms with Gasteiger partial charge in [0.1, 0.15) is 0 Å². The van der Waals surface area contributed by atoms with E-state index in [2.05, 4.69) is 35.1 Å². The van der Waals surface area contributed by atoms with Gasteiger partial charge in [0.2, 0.25) is 0 Å². The fourth-order valence-electron chi connectivity index (χ4n) is 5.02. The molecule has 8 heteroatoms. The van der Waals surface area contributed by atoms with E-state index in [-0.39, 0.29) is 9.74 Å². The number of hydrogen-bond acceptors (Lipinski definition) is 6. The predicted octanol–water partition coefficient (Wildman–Crippen LogP) is 7.24. The van der Waals surface area contributed by atoms with E-state index in [0.717, 1.165) is 92.4 Å². The molecule has 0 N–H and O–H groups in total. The van der Waals surface area contributed by atoms with Crippen LogP contribution in [-0.4, -0.2) is 54.1 Å². The molecule has 31 heavy (non-hydrogen) atoms. The van der Waals surface area contributed by atoms with Gasteiger partial charge in [-0.05, 0) is 69.3 Å². The SMILES string of the molecule is S=C(CCCC(=S)N(CCCS)C1(S)CCCCC1)N(CCCS)C1(S)CCCCC1. The highest BCUT2D eigenvalue weighted by molar-refractivity contribution is 7.82. The Hall–Kier alpha value is 1.18. The molecular formula is C23H42N2S6. The highest BCUT2D eigenvalue weighted by Crippen LogP contribution is 2.39. The van der Waals surface area contributed by atoms with Gasteiger partial charge in [0.05, 0.1) is 19.7 Å². The third-order valence-electron chi connectivity index (χ3n) is 6.78. The molecule has 2 saturated carbocycles. The van der Waals surface area contributed by atoms with Gasteiger partial charge in [-0.1, -0.05) is 63.0 Å². The molecule has 0 heterocycles. The van der Waals surface area contributed by atoms with Crippen LogP contribution in [0, 0.1) is 0 Å². The standard InChI is InChI=1S/C23H42N2S6/c26-18-8-16-24(22(30)12-3-1-4-13-22)20(28)10-7-11-21(29)25(17-9-19-27)23(31)14-5-2-6-15-23/h26-27,30-31H,1-19H2. The number of thiocarbonyl (C=S) groups is 2. The first kappa shape index (κ1) is 28.4. The third-order valence-corrected chi connectivity index (χ3v) is 9.64. The Labute approximate surface area is 224 Å². The van der Waals surface area contributed by atoms with Crippen LogP contribution < -0.4 is 0 Å². The van der Waals surface area contributed by atoms with Crippen LogP contribution in [0.2, 0.25) is 0 Å². The Bertz CT molecular complexity index is 510. The summed E-state index contributed by atoms with van der Waals surface area (Å²) in [5, 5.41) is 0. The van der Waals surface area contributed by atoms with Crippen molar-refractivity contribution in [3.8, 4) is 0 Å². The molecule has 2 aliphatic rings. The van der Waals surface area contributed by atoms with Gasteiger partial charge >= 0.3 is 0 Å². The zero-order chi connectivity index (χ0) is 22.7. The second-order valence-corrected chi connectivity index (χ2v) is 12.7. The Morgan fingerprint density at radius 1 is 0.613 bits per heavy atom. The second-order valence-electron chi connectivity index (χ2n) is 9.18. The molecule has 2 rings (SSSR count). The number of nitrogens with zero attached hydrogens (tertiary/aromatic N) is 2. The maximum Gasteiger partial charge on any atom is 0.0836 e. The van der Waals surface area contributed by atoms with E-state index >= 15 is 0 Å². The van der Waals surface area contributed by atoms with E-state index in [9.17, 15) is 0 Å². The first-order valence-corrected chi connectivity index (χ1v) is 15.1. The molecule has 0 unspecified atom stereocenters. The second kappa shape index (κ2) is 14.6. The van der Waals surface area contributed by atoms with Crippen LogP contribution in [0.4, 0.5) is 0 Å². The fourth-order valence-corrected chi connectivity index (χ4v) is 7.34. The van der Waals surface area contributed by atoms with Gasteiger partial charge in [-0.2, -0.15) is 50.5 Å². The summed E-state index contributed by atoms with van der Waals surface area (Å²) in [6, 6.07) is 0. The van der Waals surface area contributed by atoms with Crippen LogP contribution in [-0.2, 0) is 0 Å². The van der Waals surface area contributed by atoms with E-state index in [0.29, 0.717) is 0 Å². The number of hydrogen-bond donors (Lipinski definition) is 4.